The summed E-state index contributed by atoms with van der Waals surface area (Å²) in [6.07, 6.45) is 0.541. The molecule has 3 rings (SSSR count). The molecule has 2 unspecified atom stereocenters. The van der Waals surface area contributed by atoms with Crippen molar-refractivity contribution >= 4 is 11.9 Å². The van der Waals surface area contributed by atoms with Crippen LogP contribution in [0, 0.1) is 18.7 Å². The predicted octanol–water partition coefficient (Wildman–Crippen LogP) is 3.63. The molecule has 2 atom stereocenters. The number of hydrogen-bond donors (Lipinski definition) is 0. The number of halogens is 1. The first-order valence-corrected chi connectivity index (χ1v) is 7.66. The highest BCUT2D eigenvalue weighted by molar-refractivity contribution is 5.94. The topological polar surface area (TPSA) is 52.6 Å². The number of esters is 2. The molecule has 0 heterocycles. The Labute approximate surface area is 139 Å². The third kappa shape index (κ3) is 3.15. The van der Waals surface area contributed by atoms with E-state index in [-0.39, 0.29) is 23.0 Å². The van der Waals surface area contributed by atoms with Crippen LogP contribution in [-0.4, -0.2) is 19.0 Å². The largest absolute Gasteiger partial charge is 0.465 e. The van der Waals surface area contributed by atoms with E-state index in [9.17, 15) is 14.0 Å². The molecule has 0 saturated heterocycles. The predicted molar refractivity (Wildman–Crippen MR) is 85.4 cm³/mol. The first kappa shape index (κ1) is 16.2. The Hall–Kier alpha value is -2.69. The van der Waals surface area contributed by atoms with Gasteiger partial charge in [0.15, 0.2) is 0 Å². The van der Waals surface area contributed by atoms with Gasteiger partial charge >= 0.3 is 11.9 Å². The minimum absolute atomic E-state index is 0.164. The van der Waals surface area contributed by atoms with Crippen LogP contribution in [0.4, 0.5) is 4.39 Å². The Balaban J connectivity index is 1.75. The van der Waals surface area contributed by atoms with E-state index in [4.69, 9.17) is 9.47 Å². The molecule has 4 nitrogen and oxygen atoms in total. The smallest absolute Gasteiger partial charge is 0.341 e. The van der Waals surface area contributed by atoms with E-state index >= 15 is 0 Å². The lowest BCUT2D eigenvalue weighted by Crippen LogP contribution is -2.14. The molecule has 1 fully saturated rings. The molecule has 0 aliphatic heterocycles. The number of benzene rings is 2. The fraction of sp³-hybridized carbons (Fsp3) is 0.263. The molecule has 0 aromatic heterocycles. The minimum atomic E-state index is -0.567. The van der Waals surface area contributed by atoms with Gasteiger partial charge in [0.1, 0.15) is 17.1 Å². The molecule has 2 aromatic carbocycles. The van der Waals surface area contributed by atoms with E-state index in [0.29, 0.717) is 12.0 Å². The lowest BCUT2D eigenvalue weighted by molar-refractivity contribution is -0.135. The highest BCUT2D eigenvalue weighted by Gasteiger charge is 2.46. The number of aryl methyl sites for hydroxylation is 1. The van der Waals surface area contributed by atoms with Crippen LogP contribution >= 0.6 is 0 Å². The van der Waals surface area contributed by atoms with Gasteiger partial charge in [-0.3, -0.25) is 4.79 Å². The summed E-state index contributed by atoms with van der Waals surface area (Å²) in [4.78, 5) is 24.1. The van der Waals surface area contributed by atoms with Crippen molar-refractivity contribution in [1.29, 1.82) is 0 Å². The normalized spacial score (nSPS) is 18.8. The van der Waals surface area contributed by atoms with Crippen molar-refractivity contribution in [3.8, 4) is 5.75 Å². The van der Waals surface area contributed by atoms with Gasteiger partial charge in [-0.05, 0) is 42.7 Å². The SMILES string of the molecule is COC(=O)c1cc(C)ccc1OC(=O)C1CC1c1ccccc1F. The summed E-state index contributed by atoms with van der Waals surface area (Å²) in [6, 6.07) is 11.3. The van der Waals surface area contributed by atoms with Crippen molar-refractivity contribution in [3.05, 3.63) is 65.0 Å². The Morgan fingerprint density at radius 3 is 2.62 bits per heavy atom. The van der Waals surface area contributed by atoms with Crippen LogP contribution in [0.2, 0.25) is 0 Å². The first-order chi connectivity index (χ1) is 11.5. The molecule has 2 aromatic rings. The second-order valence-electron chi connectivity index (χ2n) is 5.88. The van der Waals surface area contributed by atoms with Crippen LogP contribution in [-0.2, 0) is 9.53 Å². The Kier molecular flexibility index (Phi) is 4.34. The minimum Gasteiger partial charge on any atom is -0.465 e. The van der Waals surface area contributed by atoms with Gasteiger partial charge in [0, 0.05) is 5.92 Å². The van der Waals surface area contributed by atoms with Gasteiger partial charge in [0.25, 0.3) is 0 Å². The summed E-state index contributed by atoms with van der Waals surface area (Å²) in [6.45, 7) is 1.83. The van der Waals surface area contributed by atoms with E-state index in [1.54, 1.807) is 36.4 Å². The standard InChI is InChI=1S/C19H17FO4/c1-11-7-8-17(15(9-11)18(21)23-2)24-19(22)14-10-13(14)12-5-3-4-6-16(12)20/h3-9,13-14H,10H2,1-2H3. The molecule has 0 radical (unpaired) electrons. The molecule has 1 saturated carbocycles. The maximum absolute atomic E-state index is 13.8. The van der Waals surface area contributed by atoms with Crippen LogP contribution in [0.1, 0.15) is 33.8 Å². The van der Waals surface area contributed by atoms with E-state index in [1.165, 1.54) is 13.2 Å². The highest BCUT2D eigenvalue weighted by atomic mass is 19.1. The highest BCUT2D eigenvalue weighted by Crippen LogP contribution is 2.49. The van der Waals surface area contributed by atoms with Crippen molar-refractivity contribution in [1.82, 2.24) is 0 Å². The summed E-state index contributed by atoms with van der Waals surface area (Å²) in [5.41, 5.74) is 1.58. The fourth-order valence-corrected chi connectivity index (χ4v) is 2.76. The molecule has 0 amide bonds. The Morgan fingerprint density at radius 1 is 1.17 bits per heavy atom. The summed E-state index contributed by atoms with van der Waals surface area (Å²) in [5, 5.41) is 0. The lowest BCUT2D eigenvalue weighted by Gasteiger charge is -2.10. The number of carbonyl (C=O) groups excluding carboxylic acids is 2. The molecular formula is C19H17FO4. The monoisotopic (exact) mass is 328 g/mol. The van der Waals surface area contributed by atoms with Gasteiger partial charge in [0.05, 0.1) is 13.0 Å². The molecule has 0 spiro atoms. The zero-order valence-corrected chi connectivity index (χ0v) is 13.4. The third-order valence-corrected chi connectivity index (χ3v) is 4.15. The molecule has 24 heavy (non-hydrogen) atoms. The molecule has 0 bridgehead atoms. The second-order valence-corrected chi connectivity index (χ2v) is 5.88. The van der Waals surface area contributed by atoms with Gasteiger partial charge in [-0.1, -0.05) is 24.3 Å². The lowest BCUT2D eigenvalue weighted by atomic mass is 10.1. The maximum atomic E-state index is 13.8. The van der Waals surface area contributed by atoms with E-state index in [1.807, 2.05) is 6.92 Å². The average molecular weight is 328 g/mol. The van der Waals surface area contributed by atoms with Crippen LogP contribution < -0.4 is 4.74 Å². The number of ether oxygens (including phenoxy) is 2. The van der Waals surface area contributed by atoms with Crippen molar-refractivity contribution in [2.24, 2.45) is 5.92 Å². The first-order valence-electron chi connectivity index (χ1n) is 7.66. The van der Waals surface area contributed by atoms with E-state index < -0.39 is 17.9 Å². The average Bonchev–Trinajstić information content (AvgIpc) is 3.36. The summed E-state index contributed by atoms with van der Waals surface area (Å²) < 4.78 is 23.9. The summed E-state index contributed by atoms with van der Waals surface area (Å²) in [5.74, 6) is -1.75. The van der Waals surface area contributed by atoms with Gasteiger partial charge in [-0.2, -0.15) is 0 Å². The van der Waals surface area contributed by atoms with Crippen LogP contribution in [0.5, 0.6) is 5.75 Å². The van der Waals surface area contributed by atoms with Crippen molar-refractivity contribution < 1.29 is 23.5 Å². The zero-order valence-electron chi connectivity index (χ0n) is 13.4. The van der Waals surface area contributed by atoms with Gasteiger partial charge in [-0.15, -0.1) is 0 Å². The number of rotatable bonds is 4. The molecule has 0 N–H and O–H groups in total. The second kappa shape index (κ2) is 6.43. The van der Waals surface area contributed by atoms with Crippen LogP contribution in [0.25, 0.3) is 0 Å². The quantitative estimate of drug-likeness (QED) is 0.635. The van der Waals surface area contributed by atoms with Crippen molar-refractivity contribution in [2.45, 2.75) is 19.3 Å². The molecule has 124 valence electrons. The van der Waals surface area contributed by atoms with Crippen molar-refractivity contribution in [3.63, 3.8) is 0 Å². The van der Waals surface area contributed by atoms with Gasteiger partial charge in [-0.25, -0.2) is 9.18 Å². The van der Waals surface area contributed by atoms with Crippen LogP contribution in [0.15, 0.2) is 42.5 Å². The van der Waals surface area contributed by atoms with Crippen molar-refractivity contribution in [2.75, 3.05) is 7.11 Å². The van der Waals surface area contributed by atoms with E-state index in [2.05, 4.69) is 0 Å². The number of methoxy groups -OCH3 is 1. The zero-order chi connectivity index (χ0) is 17.3. The molecule has 1 aliphatic rings. The number of hydrogen-bond acceptors (Lipinski definition) is 4. The third-order valence-electron chi connectivity index (χ3n) is 4.15. The molecule has 1 aliphatic carbocycles. The fourth-order valence-electron chi connectivity index (χ4n) is 2.76. The Morgan fingerprint density at radius 2 is 1.92 bits per heavy atom. The van der Waals surface area contributed by atoms with Crippen LogP contribution in [0.3, 0.4) is 0 Å². The maximum Gasteiger partial charge on any atom is 0.341 e. The summed E-state index contributed by atoms with van der Waals surface area (Å²) in [7, 11) is 1.27. The summed E-state index contributed by atoms with van der Waals surface area (Å²) >= 11 is 0. The van der Waals surface area contributed by atoms with Gasteiger partial charge in [0.2, 0.25) is 0 Å². The molecule has 5 heteroatoms. The number of carbonyl (C=O) groups is 2. The van der Waals surface area contributed by atoms with Gasteiger partial charge < -0.3 is 9.47 Å². The van der Waals surface area contributed by atoms with E-state index in [0.717, 1.165) is 5.56 Å². The Bertz CT molecular complexity index is 800. The molecular weight excluding hydrogens is 311 g/mol.